The van der Waals surface area contributed by atoms with Crippen molar-refractivity contribution >= 4 is 39.1 Å². The average molecular weight is 447 g/mol. The van der Waals surface area contributed by atoms with E-state index in [1.54, 1.807) is 6.07 Å². The monoisotopic (exact) mass is 446 g/mol. The molecule has 1 N–H and O–H groups in total. The van der Waals surface area contributed by atoms with Crippen LogP contribution in [0.3, 0.4) is 0 Å². The van der Waals surface area contributed by atoms with Crippen LogP contribution in [0.1, 0.15) is 46.0 Å². The number of benzene rings is 1. The maximum atomic E-state index is 12.9. The number of rotatable bonds is 4. The van der Waals surface area contributed by atoms with Crippen LogP contribution in [0.2, 0.25) is 10.0 Å². The van der Waals surface area contributed by atoms with Gasteiger partial charge < -0.3 is 5.32 Å². The molecular weight excluding hydrogens is 419 g/mol. The first kappa shape index (κ1) is 21.9. The van der Waals surface area contributed by atoms with Gasteiger partial charge in [-0.2, -0.15) is 4.31 Å². The van der Waals surface area contributed by atoms with Crippen LogP contribution in [-0.4, -0.2) is 37.8 Å². The summed E-state index contributed by atoms with van der Waals surface area (Å²) < 4.78 is 27.2. The summed E-state index contributed by atoms with van der Waals surface area (Å²) in [5.41, 5.74) is 0. The molecule has 0 spiro atoms. The van der Waals surface area contributed by atoms with Crippen molar-refractivity contribution in [1.29, 1.82) is 0 Å². The van der Waals surface area contributed by atoms with Gasteiger partial charge in [-0.1, -0.05) is 49.9 Å². The van der Waals surface area contributed by atoms with Crippen LogP contribution in [0.25, 0.3) is 0 Å². The van der Waals surface area contributed by atoms with Gasteiger partial charge >= 0.3 is 0 Å². The van der Waals surface area contributed by atoms with Gasteiger partial charge in [-0.25, -0.2) is 8.42 Å². The lowest BCUT2D eigenvalue weighted by atomic mass is 9.78. The summed E-state index contributed by atoms with van der Waals surface area (Å²) in [7, 11) is -3.72. The van der Waals surface area contributed by atoms with Crippen molar-refractivity contribution in [3.8, 4) is 0 Å². The first-order valence-electron chi connectivity index (χ1n) is 9.95. The highest BCUT2D eigenvalue weighted by Gasteiger charge is 2.35. The molecule has 0 radical (unpaired) electrons. The lowest BCUT2D eigenvalue weighted by Crippen LogP contribution is -2.48. The van der Waals surface area contributed by atoms with Gasteiger partial charge in [-0.15, -0.1) is 0 Å². The summed E-state index contributed by atoms with van der Waals surface area (Å²) in [5.74, 6) is 1.01. The molecule has 1 aliphatic heterocycles. The fourth-order valence-electron chi connectivity index (χ4n) is 4.26. The smallest absolute Gasteiger partial charge is 0.244 e. The maximum Gasteiger partial charge on any atom is 0.244 e. The molecule has 1 aliphatic carbocycles. The molecule has 3 rings (SSSR count). The van der Waals surface area contributed by atoms with Gasteiger partial charge in [0.15, 0.2) is 0 Å². The van der Waals surface area contributed by atoms with Gasteiger partial charge in [0.1, 0.15) is 4.90 Å². The van der Waals surface area contributed by atoms with Crippen LogP contribution in [0.5, 0.6) is 0 Å². The van der Waals surface area contributed by atoms with Crippen LogP contribution in [-0.2, 0) is 14.8 Å². The van der Waals surface area contributed by atoms with Gasteiger partial charge in [0, 0.05) is 30.1 Å². The number of hydrogen-bond donors (Lipinski definition) is 1. The van der Waals surface area contributed by atoms with E-state index in [0.29, 0.717) is 42.8 Å². The highest BCUT2D eigenvalue weighted by molar-refractivity contribution is 7.89. The minimum Gasteiger partial charge on any atom is -0.353 e. The second-order valence-electron chi connectivity index (χ2n) is 8.14. The molecule has 1 aromatic carbocycles. The number of nitrogens with one attached hydrogen (secondary N) is 1. The zero-order valence-corrected chi connectivity index (χ0v) is 18.7. The molecule has 0 unspecified atom stereocenters. The molecule has 2 aliphatic rings. The number of hydrogen-bond acceptors (Lipinski definition) is 3. The number of sulfonamides is 1. The second-order valence-corrected chi connectivity index (χ2v) is 10.9. The molecule has 156 valence electrons. The molecule has 28 heavy (non-hydrogen) atoms. The molecule has 1 amide bonds. The van der Waals surface area contributed by atoms with Crippen molar-refractivity contribution in [2.45, 2.75) is 56.9 Å². The lowest BCUT2D eigenvalue weighted by Gasteiger charge is -2.36. The molecule has 1 saturated carbocycles. The molecule has 8 heteroatoms. The van der Waals surface area contributed by atoms with Gasteiger partial charge in [-0.05, 0) is 49.3 Å². The Morgan fingerprint density at radius 3 is 2.46 bits per heavy atom. The third kappa shape index (κ3) is 4.66. The normalized spacial score (nSPS) is 27.5. The Kier molecular flexibility index (Phi) is 6.96. The fraction of sp³-hybridized carbons (Fsp3) is 0.650. The topological polar surface area (TPSA) is 66.5 Å². The summed E-state index contributed by atoms with van der Waals surface area (Å²) in [6.07, 6.45) is 4.42. The van der Waals surface area contributed by atoms with E-state index in [-0.39, 0.29) is 27.8 Å². The van der Waals surface area contributed by atoms with E-state index >= 15 is 0 Å². The second kappa shape index (κ2) is 8.90. The molecule has 0 bridgehead atoms. The molecule has 2 fully saturated rings. The molecule has 0 aromatic heterocycles. The van der Waals surface area contributed by atoms with Crippen molar-refractivity contribution in [3.05, 3.63) is 28.2 Å². The third-order valence-corrected chi connectivity index (χ3v) is 8.99. The zero-order chi connectivity index (χ0) is 20.5. The highest BCUT2D eigenvalue weighted by atomic mass is 35.5. The summed E-state index contributed by atoms with van der Waals surface area (Å²) >= 11 is 12.0. The first-order valence-corrected chi connectivity index (χ1v) is 12.2. The number of amides is 1. The minimum absolute atomic E-state index is 0.0228. The van der Waals surface area contributed by atoms with Crippen molar-refractivity contribution < 1.29 is 13.2 Å². The largest absolute Gasteiger partial charge is 0.353 e. The number of carbonyl (C=O) groups is 1. The summed E-state index contributed by atoms with van der Waals surface area (Å²) in [6.45, 7) is 5.06. The van der Waals surface area contributed by atoms with E-state index in [1.165, 1.54) is 22.9 Å². The van der Waals surface area contributed by atoms with Crippen LogP contribution < -0.4 is 5.32 Å². The Morgan fingerprint density at radius 2 is 1.79 bits per heavy atom. The van der Waals surface area contributed by atoms with E-state index in [2.05, 4.69) is 19.2 Å². The predicted octanol–water partition coefficient (Wildman–Crippen LogP) is 4.34. The average Bonchev–Trinajstić information content (AvgIpc) is 2.67. The van der Waals surface area contributed by atoms with Gasteiger partial charge in [0.25, 0.3) is 0 Å². The number of nitrogens with zero attached hydrogens (tertiary/aromatic N) is 1. The number of piperidine rings is 1. The van der Waals surface area contributed by atoms with Crippen molar-refractivity contribution in [2.75, 3.05) is 13.1 Å². The van der Waals surface area contributed by atoms with Crippen LogP contribution >= 0.6 is 23.2 Å². The number of halogens is 2. The van der Waals surface area contributed by atoms with E-state index in [1.807, 2.05) is 0 Å². The van der Waals surface area contributed by atoms with Crippen LogP contribution in [0, 0.1) is 17.8 Å². The van der Waals surface area contributed by atoms with Crippen molar-refractivity contribution in [2.24, 2.45) is 17.8 Å². The Bertz CT molecular complexity index is 823. The molecule has 5 nitrogen and oxygen atoms in total. The minimum atomic E-state index is -3.72. The fourth-order valence-corrected chi connectivity index (χ4v) is 6.47. The quantitative estimate of drug-likeness (QED) is 0.747. The van der Waals surface area contributed by atoms with Gasteiger partial charge in [-0.3, -0.25) is 4.79 Å². The third-order valence-electron chi connectivity index (χ3n) is 6.37. The SMILES string of the molecule is C[C@@H]1[C@@H](C)CCC[C@H]1NC(=O)C1CCN(S(=O)(=O)c2cc(Cl)ccc2Cl)CC1. The van der Waals surface area contributed by atoms with E-state index in [9.17, 15) is 13.2 Å². The van der Waals surface area contributed by atoms with E-state index in [4.69, 9.17) is 23.2 Å². The Labute approximate surface area is 177 Å². The van der Waals surface area contributed by atoms with Crippen molar-refractivity contribution in [3.63, 3.8) is 0 Å². The molecule has 1 aromatic rings. The maximum absolute atomic E-state index is 12.9. The van der Waals surface area contributed by atoms with Crippen molar-refractivity contribution in [1.82, 2.24) is 9.62 Å². The van der Waals surface area contributed by atoms with Gasteiger partial charge in [0.2, 0.25) is 15.9 Å². The highest BCUT2D eigenvalue weighted by Crippen LogP contribution is 2.32. The summed E-state index contributed by atoms with van der Waals surface area (Å²) in [6, 6.07) is 4.66. The molecule has 1 saturated heterocycles. The number of carbonyl (C=O) groups excluding carboxylic acids is 1. The predicted molar refractivity (Wildman–Crippen MR) is 112 cm³/mol. The Balaban J connectivity index is 1.61. The van der Waals surface area contributed by atoms with Gasteiger partial charge in [0.05, 0.1) is 5.02 Å². The van der Waals surface area contributed by atoms with Crippen LogP contribution in [0.4, 0.5) is 0 Å². The first-order chi connectivity index (χ1) is 13.2. The Hall–Kier alpha value is -0.820. The lowest BCUT2D eigenvalue weighted by molar-refractivity contribution is -0.127. The molecule has 3 atom stereocenters. The zero-order valence-electron chi connectivity index (χ0n) is 16.3. The Morgan fingerprint density at radius 1 is 1.11 bits per heavy atom. The van der Waals surface area contributed by atoms with E-state index < -0.39 is 10.0 Å². The van der Waals surface area contributed by atoms with Crippen LogP contribution in [0.15, 0.2) is 23.1 Å². The molecular formula is C20H28Cl2N2O3S. The standard InChI is InChI=1S/C20H28Cl2N2O3S/c1-13-4-3-5-18(14(13)2)23-20(25)15-8-10-24(11-9-15)28(26,27)19-12-16(21)6-7-17(19)22/h6-7,12-15,18H,3-5,8-11H2,1-2H3,(H,23,25)/t13-,14+,18+/m0/s1. The summed E-state index contributed by atoms with van der Waals surface area (Å²) in [5, 5.41) is 3.71. The summed E-state index contributed by atoms with van der Waals surface area (Å²) in [4.78, 5) is 12.7. The van der Waals surface area contributed by atoms with E-state index in [0.717, 1.165) is 12.8 Å². The molecule has 1 heterocycles.